The van der Waals surface area contributed by atoms with Gasteiger partial charge in [0.25, 0.3) is 0 Å². The second-order valence-electron chi connectivity index (χ2n) is 7.68. The van der Waals surface area contributed by atoms with E-state index in [2.05, 4.69) is 59.5 Å². The molecular formula is C20H35IN4O. The molecule has 1 atom stereocenters. The molecule has 0 aliphatic carbocycles. The molecule has 0 aromatic heterocycles. The van der Waals surface area contributed by atoms with Crippen molar-refractivity contribution < 1.29 is 4.74 Å². The number of nitrogens with one attached hydrogen (secondary N) is 2. The van der Waals surface area contributed by atoms with Gasteiger partial charge in [-0.15, -0.1) is 24.0 Å². The van der Waals surface area contributed by atoms with E-state index in [0.29, 0.717) is 0 Å². The van der Waals surface area contributed by atoms with E-state index in [0.717, 1.165) is 31.3 Å². The van der Waals surface area contributed by atoms with Crippen LogP contribution in [0.3, 0.4) is 0 Å². The minimum absolute atomic E-state index is 0. The van der Waals surface area contributed by atoms with Gasteiger partial charge in [-0.3, -0.25) is 9.89 Å². The highest BCUT2D eigenvalue weighted by molar-refractivity contribution is 14.0. The number of rotatable bonds is 5. The summed E-state index contributed by atoms with van der Waals surface area (Å²) in [4.78, 5) is 6.94. The fourth-order valence-electron chi connectivity index (χ4n) is 3.34. The largest absolute Gasteiger partial charge is 0.496 e. The monoisotopic (exact) mass is 474 g/mol. The summed E-state index contributed by atoms with van der Waals surface area (Å²) in [7, 11) is 3.57. The van der Waals surface area contributed by atoms with E-state index in [-0.39, 0.29) is 35.6 Å². The summed E-state index contributed by atoms with van der Waals surface area (Å²) in [6.07, 6.45) is 3.86. The number of nitrogens with zero attached hydrogens (tertiary/aromatic N) is 2. The molecule has 0 saturated carbocycles. The standard InChI is InChI=1S/C20H34N4O.HI/c1-20(2,3)23-19(21-4)22-15-17(24-13-9-6-10-14-24)16-11-7-8-12-18(16)25-5;/h7-8,11-12,17H,6,9-10,13-15H2,1-5H3,(H2,21,22,23);1H. The van der Waals surface area contributed by atoms with Gasteiger partial charge in [0.05, 0.1) is 13.2 Å². The fraction of sp³-hybridized carbons (Fsp3) is 0.650. The van der Waals surface area contributed by atoms with Crippen molar-refractivity contribution in [1.29, 1.82) is 0 Å². The molecule has 26 heavy (non-hydrogen) atoms. The van der Waals surface area contributed by atoms with Crippen LogP contribution in [0.2, 0.25) is 0 Å². The average Bonchev–Trinajstić information content (AvgIpc) is 2.61. The maximum Gasteiger partial charge on any atom is 0.191 e. The molecule has 1 unspecified atom stereocenters. The topological polar surface area (TPSA) is 48.9 Å². The first-order chi connectivity index (χ1) is 11.9. The van der Waals surface area contributed by atoms with Crippen LogP contribution in [0.15, 0.2) is 29.3 Å². The molecule has 2 rings (SSSR count). The predicted molar refractivity (Wildman–Crippen MR) is 121 cm³/mol. The number of aliphatic imine (C=N–C) groups is 1. The minimum Gasteiger partial charge on any atom is -0.496 e. The zero-order valence-corrected chi connectivity index (χ0v) is 19.2. The lowest BCUT2D eigenvalue weighted by atomic mass is 10.0. The van der Waals surface area contributed by atoms with Crippen molar-refractivity contribution in [3.63, 3.8) is 0 Å². The summed E-state index contributed by atoms with van der Waals surface area (Å²) in [6, 6.07) is 8.63. The Morgan fingerprint density at radius 1 is 1.19 bits per heavy atom. The highest BCUT2D eigenvalue weighted by atomic mass is 127. The molecule has 2 N–H and O–H groups in total. The van der Waals surface area contributed by atoms with Crippen LogP contribution in [-0.2, 0) is 0 Å². The number of guanidine groups is 1. The zero-order chi connectivity index (χ0) is 18.3. The number of methoxy groups -OCH3 is 1. The molecule has 1 aliphatic rings. The zero-order valence-electron chi connectivity index (χ0n) is 16.8. The van der Waals surface area contributed by atoms with Crippen LogP contribution in [0.5, 0.6) is 5.75 Å². The van der Waals surface area contributed by atoms with Crippen molar-refractivity contribution in [2.75, 3.05) is 33.8 Å². The molecule has 0 spiro atoms. The maximum atomic E-state index is 5.63. The van der Waals surface area contributed by atoms with E-state index in [4.69, 9.17) is 4.74 Å². The Morgan fingerprint density at radius 3 is 2.42 bits per heavy atom. The van der Waals surface area contributed by atoms with Gasteiger partial charge < -0.3 is 15.4 Å². The number of ether oxygens (including phenoxy) is 1. The summed E-state index contributed by atoms with van der Waals surface area (Å²) in [5.41, 5.74) is 1.22. The molecular weight excluding hydrogens is 439 g/mol. The third-order valence-electron chi connectivity index (χ3n) is 4.51. The molecule has 6 heteroatoms. The molecule has 148 valence electrons. The second-order valence-corrected chi connectivity index (χ2v) is 7.68. The first kappa shape index (κ1) is 23.0. The molecule has 1 aliphatic heterocycles. The van der Waals surface area contributed by atoms with Crippen molar-refractivity contribution in [3.8, 4) is 5.75 Å². The van der Waals surface area contributed by atoms with Crippen LogP contribution in [0, 0.1) is 0 Å². The van der Waals surface area contributed by atoms with E-state index < -0.39 is 0 Å². The van der Waals surface area contributed by atoms with Crippen LogP contribution in [0.25, 0.3) is 0 Å². The Bertz CT molecular complexity index is 565. The van der Waals surface area contributed by atoms with Gasteiger partial charge in [0.15, 0.2) is 5.96 Å². The summed E-state index contributed by atoms with van der Waals surface area (Å²) in [5.74, 6) is 1.79. The predicted octanol–water partition coefficient (Wildman–Crippen LogP) is 3.80. The van der Waals surface area contributed by atoms with Gasteiger partial charge in [-0.2, -0.15) is 0 Å². The third kappa shape index (κ3) is 6.95. The molecule has 5 nitrogen and oxygen atoms in total. The minimum atomic E-state index is -0.0209. The number of halogens is 1. The number of likely N-dealkylation sites (tertiary alicyclic amines) is 1. The summed E-state index contributed by atoms with van der Waals surface area (Å²) >= 11 is 0. The molecule has 1 aromatic carbocycles. The Morgan fingerprint density at radius 2 is 1.85 bits per heavy atom. The fourth-order valence-corrected chi connectivity index (χ4v) is 3.34. The normalized spacial score (nSPS) is 17.2. The molecule has 1 fully saturated rings. The molecule has 0 radical (unpaired) electrons. The number of hydrogen-bond acceptors (Lipinski definition) is 3. The van der Waals surface area contributed by atoms with Crippen molar-refractivity contribution in [1.82, 2.24) is 15.5 Å². The summed E-state index contributed by atoms with van der Waals surface area (Å²) in [5, 5.41) is 6.95. The first-order valence-corrected chi connectivity index (χ1v) is 9.30. The summed E-state index contributed by atoms with van der Waals surface area (Å²) in [6.45, 7) is 9.49. The van der Waals surface area contributed by atoms with Crippen molar-refractivity contribution in [2.45, 2.75) is 51.6 Å². The lowest BCUT2D eigenvalue weighted by Gasteiger charge is -2.36. The van der Waals surface area contributed by atoms with Crippen LogP contribution < -0.4 is 15.4 Å². The molecule has 0 amide bonds. The molecule has 1 heterocycles. The number of para-hydroxylation sites is 1. The smallest absolute Gasteiger partial charge is 0.191 e. The number of piperidine rings is 1. The van der Waals surface area contributed by atoms with Crippen LogP contribution >= 0.6 is 24.0 Å². The lowest BCUT2D eigenvalue weighted by molar-refractivity contribution is 0.161. The van der Waals surface area contributed by atoms with Crippen LogP contribution in [0.4, 0.5) is 0 Å². The van der Waals surface area contributed by atoms with E-state index in [1.165, 1.54) is 24.8 Å². The Kier molecular flexibility index (Phi) is 9.71. The van der Waals surface area contributed by atoms with Crippen molar-refractivity contribution in [2.24, 2.45) is 4.99 Å². The van der Waals surface area contributed by atoms with Crippen molar-refractivity contribution >= 4 is 29.9 Å². The van der Waals surface area contributed by atoms with Gasteiger partial charge in [0, 0.05) is 24.7 Å². The maximum absolute atomic E-state index is 5.63. The SMILES string of the molecule is CN=C(NCC(c1ccccc1OC)N1CCCCC1)NC(C)(C)C.I. The Balaban J connectivity index is 0.00000338. The van der Waals surface area contributed by atoms with E-state index in [1.807, 2.05) is 13.1 Å². The first-order valence-electron chi connectivity index (χ1n) is 9.30. The van der Waals surface area contributed by atoms with E-state index >= 15 is 0 Å². The summed E-state index contributed by atoms with van der Waals surface area (Å²) < 4.78 is 5.63. The lowest BCUT2D eigenvalue weighted by Crippen LogP contribution is -2.50. The van der Waals surface area contributed by atoms with Gasteiger partial charge in [-0.1, -0.05) is 24.6 Å². The highest BCUT2D eigenvalue weighted by Gasteiger charge is 2.25. The quantitative estimate of drug-likeness (QED) is 0.387. The average molecular weight is 474 g/mol. The van der Waals surface area contributed by atoms with Crippen LogP contribution in [0.1, 0.15) is 51.6 Å². The van der Waals surface area contributed by atoms with Gasteiger partial charge >= 0.3 is 0 Å². The van der Waals surface area contributed by atoms with Crippen LogP contribution in [-0.4, -0.2) is 50.2 Å². The molecule has 1 aromatic rings. The number of benzene rings is 1. The van der Waals surface area contributed by atoms with E-state index in [9.17, 15) is 0 Å². The van der Waals surface area contributed by atoms with E-state index in [1.54, 1.807) is 7.11 Å². The van der Waals surface area contributed by atoms with Gasteiger partial charge in [0.2, 0.25) is 0 Å². The highest BCUT2D eigenvalue weighted by Crippen LogP contribution is 2.30. The molecule has 1 saturated heterocycles. The van der Waals surface area contributed by atoms with Crippen molar-refractivity contribution in [3.05, 3.63) is 29.8 Å². The Labute approximate surface area is 176 Å². The second kappa shape index (κ2) is 11.0. The third-order valence-corrected chi connectivity index (χ3v) is 4.51. The van der Waals surface area contributed by atoms with Gasteiger partial charge in [-0.25, -0.2) is 0 Å². The number of hydrogen-bond donors (Lipinski definition) is 2. The molecule has 0 bridgehead atoms. The Hall–Kier alpha value is -1.02. The van der Waals surface area contributed by atoms with Gasteiger partial charge in [0.1, 0.15) is 5.75 Å². The van der Waals surface area contributed by atoms with Gasteiger partial charge in [-0.05, 0) is 52.8 Å².